The van der Waals surface area contributed by atoms with Gasteiger partial charge in [0.15, 0.2) is 0 Å². The predicted molar refractivity (Wildman–Crippen MR) is 186 cm³/mol. The molecule has 2 unspecified atom stereocenters. The Labute approximate surface area is 269 Å². The third-order valence-electron chi connectivity index (χ3n) is 8.42. The second kappa shape index (κ2) is 24.2. The molecule has 2 amide bonds. The van der Waals surface area contributed by atoms with Crippen LogP contribution in [-0.4, -0.2) is 61.0 Å². The van der Waals surface area contributed by atoms with Gasteiger partial charge in [-0.05, 0) is 61.2 Å². The van der Waals surface area contributed by atoms with Gasteiger partial charge in [0.25, 0.3) is 0 Å². The van der Waals surface area contributed by atoms with Gasteiger partial charge >= 0.3 is 0 Å². The summed E-state index contributed by atoms with van der Waals surface area (Å²) in [4.78, 5) is 30.6. The van der Waals surface area contributed by atoms with Gasteiger partial charge in [-0.25, -0.2) is 0 Å². The summed E-state index contributed by atoms with van der Waals surface area (Å²) < 4.78 is 5.83. The number of unbranched alkanes of at least 4 members (excludes halogenated alkanes) is 10. The van der Waals surface area contributed by atoms with Gasteiger partial charge in [-0.1, -0.05) is 133 Å². The maximum Gasteiger partial charge on any atom is 0.248 e. The van der Waals surface area contributed by atoms with Gasteiger partial charge in [0.1, 0.15) is 13.2 Å². The summed E-state index contributed by atoms with van der Waals surface area (Å²) in [6, 6.07) is 0. The van der Waals surface area contributed by atoms with E-state index in [0.29, 0.717) is 22.7 Å². The van der Waals surface area contributed by atoms with Crippen LogP contribution in [0.3, 0.4) is 0 Å². The van der Waals surface area contributed by atoms with E-state index in [0.717, 1.165) is 64.7 Å². The van der Waals surface area contributed by atoms with E-state index >= 15 is 0 Å². The molecule has 0 rings (SSSR count). The lowest BCUT2D eigenvalue weighted by Gasteiger charge is -2.28. The van der Waals surface area contributed by atoms with E-state index < -0.39 is 0 Å². The van der Waals surface area contributed by atoms with E-state index in [9.17, 15) is 9.59 Å². The van der Waals surface area contributed by atoms with Crippen molar-refractivity contribution in [2.45, 2.75) is 172 Å². The van der Waals surface area contributed by atoms with E-state index in [-0.39, 0.29) is 25.0 Å². The standard InChI is InChI=1S/C38H76N2O3/c1-11-13-15-17-19-21-25-39(27-23-33(3)29-37(5,6)7)35(41)31-43-32-36(42)40(26-22-20-18-16-14-12-2)28-24-34(4)30-38(8,9)10/h33-34H,11-32H2,1-10H3. The normalized spacial score (nSPS) is 13.6. The zero-order valence-corrected chi connectivity index (χ0v) is 30.8. The molecule has 0 aromatic carbocycles. The Morgan fingerprint density at radius 3 is 1.19 bits per heavy atom. The molecule has 5 heteroatoms. The molecular weight excluding hydrogens is 532 g/mol. The Bertz CT molecular complexity index is 636. The minimum Gasteiger partial charge on any atom is -0.362 e. The number of rotatable bonds is 26. The van der Waals surface area contributed by atoms with Crippen molar-refractivity contribution in [3.63, 3.8) is 0 Å². The van der Waals surface area contributed by atoms with E-state index in [1.54, 1.807) is 0 Å². The lowest BCUT2D eigenvalue weighted by Crippen LogP contribution is -2.39. The van der Waals surface area contributed by atoms with Crippen LogP contribution in [0.5, 0.6) is 0 Å². The van der Waals surface area contributed by atoms with Gasteiger partial charge < -0.3 is 14.5 Å². The zero-order valence-electron chi connectivity index (χ0n) is 30.8. The highest BCUT2D eigenvalue weighted by Gasteiger charge is 2.21. The van der Waals surface area contributed by atoms with Crippen LogP contribution in [0.2, 0.25) is 0 Å². The lowest BCUT2D eigenvalue weighted by molar-refractivity contribution is -0.142. The van der Waals surface area contributed by atoms with Gasteiger partial charge in [0.05, 0.1) is 0 Å². The maximum atomic E-state index is 13.3. The van der Waals surface area contributed by atoms with Crippen LogP contribution in [0.25, 0.3) is 0 Å². The quantitative estimate of drug-likeness (QED) is 0.0918. The molecule has 0 N–H and O–H groups in total. The molecule has 0 aromatic heterocycles. The number of amides is 2. The molecule has 0 saturated heterocycles. The van der Waals surface area contributed by atoms with Crippen LogP contribution in [0.1, 0.15) is 172 Å². The van der Waals surface area contributed by atoms with E-state index in [2.05, 4.69) is 69.2 Å². The first kappa shape index (κ1) is 41.9. The van der Waals surface area contributed by atoms with Crippen LogP contribution in [0.4, 0.5) is 0 Å². The topological polar surface area (TPSA) is 49.9 Å². The molecule has 0 aromatic rings. The minimum atomic E-state index is 0.000507. The number of carbonyl (C=O) groups excluding carboxylic acids is 2. The zero-order chi connectivity index (χ0) is 32.7. The van der Waals surface area contributed by atoms with Crippen molar-refractivity contribution < 1.29 is 14.3 Å². The van der Waals surface area contributed by atoms with Crippen LogP contribution in [-0.2, 0) is 14.3 Å². The Morgan fingerprint density at radius 2 is 0.860 bits per heavy atom. The summed E-state index contributed by atoms with van der Waals surface area (Å²) >= 11 is 0. The molecule has 0 spiro atoms. The first-order valence-corrected chi connectivity index (χ1v) is 18.3. The summed E-state index contributed by atoms with van der Waals surface area (Å²) in [6.07, 6.45) is 18.9. The Kier molecular flexibility index (Phi) is 23.6. The van der Waals surface area contributed by atoms with Crippen LogP contribution in [0.15, 0.2) is 0 Å². The predicted octanol–water partition coefficient (Wildman–Crippen LogP) is 10.3. The molecule has 0 bridgehead atoms. The van der Waals surface area contributed by atoms with Crippen molar-refractivity contribution in [2.24, 2.45) is 22.7 Å². The average Bonchev–Trinajstić information content (AvgIpc) is 2.89. The van der Waals surface area contributed by atoms with Gasteiger partial charge in [-0.2, -0.15) is 0 Å². The molecule has 0 aliphatic rings. The molecule has 43 heavy (non-hydrogen) atoms. The Hall–Kier alpha value is -1.10. The van der Waals surface area contributed by atoms with Gasteiger partial charge in [-0.3, -0.25) is 9.59 Å². The van der Waals surface area contributed by atoms with Crippen molar-refractivity contribution in [3.8, 4) is 0 Å². The first-order chi connectivity index (χ1) is 20.2. The van der Waals surface area contributed by atoms with Crippen molar-refractivity contribution >= 4 is 11.8 Å². The maximum absolute atomic E-state index is 13.3. The lowest BCUT2D eigenvalue weighted by atomic mass is 9.84. The summed E-state index contributed by atoms with van der Waals surface area (Å²) in [5.74, 6) is 1.20. The fourth-order valence-corrected chi connectivity index (χ4v) is 6.34. The summed E-state index contributed by atoms with van der Waals surface area (Å²) in [7, 11) is 0. The molecule has 2 atom stereocenters. The third kappa shape index (κ3) is 25.9. The largest absolute Gasteiger partial charge is 0.362 e. The fraction of sp³-hybridized carbons (Fsp3) is 0.947. The second-order valence-electron chi connectivity index (χ2n) is 16.1. The van der Waals surface area contributed by atoms with Crippen molar-refractivity contribution in [2.75, 3.05) is 39.4 Å². The highest BCUT2D eigenvalue weighted by Crippen LogP contribution is 2.27. The highest BCUT2D eigenvalue weighted by atomic mass is 16.5. The molecule has 0 radical (unpaired) electrons. The molecule has 0 aliphatic heterocycles. The molecule has 256 valence electrons. The van der Waals surface area contributed by atoms with Crippen molar-refractivity contribution in [3.05, 3.63) is 0 Å². The van der Waals surface area contributed by atoms with Gasteiger partial charge in [0.2, 0.25) is 11.8 Å². The van der Waals surface area contributed by atoms with E-state index in [4.69, 9.17) is 4.74 Å². The van der Waals surface area contributed by atoms with Crippen molar-refractivity contribution in [1.29, 1.82) is 0 Å². The first-order valence-electron chi connectivity index (χ1n) is 18.3. The fourth-order valence-electron chi connectivity index (χ4n) is 6.34. The summed E-state index contributed by atoms with van der Waals surface area (Å²) in [6.45, 7) is 25.9. The number of carbonyl (C=O) groups is 2. The number of hydrogen-bond donors (Lipinski definition) is 0. The molecule has 0 saturated carbocycles. The summed E-state index contributed by atoms with van der Waals surface area (Å²) in [5, 5.41) is 0. The van der Waals surface area contributed by atoms with Crippen LogP contribution in [0, 0.1) is 22.7 Å². The van der Waals surface area contributed by atoms with Crippen LogP contribution >= 0.6 is 0 Å². The number of hydrogen-bond acceptors (Lipinski definition) is 3. The van der Waals surface area contributed by atoms with Crippen molar-refractivity contribution in [1.82, 2.24) is 9.80 Å². The average molecular weight is 609 g/mol. The Morgan fingerprint density at radius 1 is 0.535 bits per heavy atom. The van der Waals surface area contributed by atoms with E-state index in [1.165, 1.54) is 64.2 Å². The molecule has 0 fully saturated rings. The molecule has 5 nitrogen and oxygen atoms in total. The van der Waals surface area contributed by atoms with Crippen LogP contribution < -0.4 is 0 Å². The smallest absolute Gasteiger partial charge is 0.248 e. The van der Waals surface area contributed by atoms with E-state index in [1.807, 2.05) is 9.80 Å². The monoisotopic (exact) mass is 609 g/mol. The Balaban J connectivity index is 5.01. The molecule has 0 heterocycles. The summed E-state index contributed by atoms with van der Waals surface area (Å²) in [5.41, 5.74) is 0.589. The highest BCUT2D eigenvalue weighted by molar-refractivity contribution is 5.79. The SMILES string of the molecule is CCCCCCCCN(CCC(C)CC(C)(C)C)C(=O)COCC(=O)N(CCCCCCCC)CCC(C)CC(C)(C)C. The number of nitrogens with zero attached hydrogens (tertiary/aromatic N) is 2. The number of ether oxygens (including phenoxy) is 1. The third-order valence-corrected chi connectivity index (χ3v) is 8.42. The van der Waals surface area contributed by atoms with Gasteiger partial charge in [0, 0.05) is 26.2 Å². The molecule has 0 aliphatic carbocycles. The second-order valence-corrected chi connectivity index (χ2v) is 16.1. The minimum absolute atomic E-state index is 0.000507. The molecular formula is C38H76N2O3. The van der Waals surface area contributed by atoms with Gasteiger partial charge in [-0.15, -0.1) is 0 Å².